The highest BCUT2D eigenvalue weighted by Crippen LogP contribution is 2.36. The molecule has 1 amide bonds. The Hall–Kier alpha value is -2.16. The summed E-state index contributed by atoms with van der Waals surface area (Å²) in [4.78, 5) is 26.4. The molecule has 0 N–H and O–H groups in total. The van der Waals surface area contributed by atoms with Gasteiger partial charge in [-0.3, -0.25) is 9.69 Å². The predicted octanol–water partition coefficient (Wildman–Crippen LogP) is 4.79. The van der Waals surface area contributed by atoms with Gasteiger partial charge in [0.05, 0.1) is 12.0 Å². The first-order valence-corrected chi connectivity index (χ1v) is 10.7. The molecule has 1 aliphatic rings. The number of rotatable bonds is 6. The monoisotopic (exact) mass is 491 g/mol. The van der Waals surface area contributed by atoms with E-state index in [1.807, 2.05) is 48.5 Å². The molecule has 8 heteroatoms. The molecule has 0 unspecified atom stereocenters. The molecule has 0 aromatic heterocycles. The quantitative estimate of drug-likeness (QED) is 0.329. The van der Waals surface area contributed by atoms with Crippen molar-refractivity contribution in [1.82, 2.24) is 4.90 Å². The van der Waals surface area contributed by atoms with Crippen molar-refractivity contribution in [3.8, 4) is 5.75 Å². The molecule has 29 heavy (non-hydrogen) atoms. The van der Waals surface area contributed by atoms with Gasteiger partial charge in [0.2, 0.25) is 0 Å². The van der Waals surface area contributed by atoms with Crippen LogP contribution in [0.3, 0.4) is 0 Å². The third kappa shape index (κ3) is 5.07. The zero-order valence-electron chi connectivity index (χ0n) is 15.8. The van der Waals surface area contributed by atoms with Crippen LogP contribution in [-0.4, -0.2) is 34.2 Å². The van der Waals surface area contributed by atoms with Crippen LogP contribution < -0.4 is 4.74 Å². The molecule has 1 heterocycles. The van der Waals surface area contributed by atoms with Crippen LogP contribution in [0.25, 0.3) is 6.08 Å². The SMILES string of the molecule is COC(=O)[C@H](C)N1C(=O)/C(=C/c2cc(Br)ccc2OCc2ccccc2)SC1=S. The van der Waals surface area contributed by atoms with E-state index in [-0.39, 0.29) is 5.91 Å². The van der Waals surface area contributed by atoms with E-state index in [0.717, 1.165) is 27.4 Å². The average molecular weight is 492 g/mol. The molecule has 3 rings (SSSR count). The van der Waals surface area contributed by atoms with Crippen LogP contribution in [0.15, 0.2) is 57.9 Å². The van der Waals surface area contributed by atoms with Crippen molar-refractivity contribution in [2.75, 3.05) is 7.11 Å². The summed E-state index contributed by atoms with van der Waals surface area (Å²) in [7, 11) is 1.28. The Morgan fingerprint density at radius 1 is 1.28 bits per heavy atom. The van der Waals surface area contributed by atoms with Gasteiger partial charge >= 0.3 is 5.97 Å². The fourth-order valence-corrected chi connectivity index (χ4v) is 4.52. The second-order valence-electron chi connectivity index (χ2n) is 6.21. The van der Waals surface area contributed by atoms with Crippen molar-refractivity contribution in [3.05, 3.63) is 69.0 Å². The number of methoxy groups -OCH3 is 1. The number of hydrogen-bond acceptors (Lipinski definition) is 6. The number of esters is 1. The van der Waals surface area contributed by atoms with Gasteiger partial charge in [-0.1, -0.05) is 70.2 Å². The zero-order valence-corrected chi connectivity index (χ0v) is 19.0. The Morgan fingerprint density at radius 2 is 2.00 bits per heavy atom. The lowest BCUT2D eigenvalue weighted by molar-refractivity contribution is -0.147. The molecule has 1 fully saturated rings. The summed E-state index contributed by atoms with van der Waals surface area (Å²) < 4.78 is 11.9. The number of carbonyl (C=O) groups is 2. The minimum absolute atomic E-state index is 0.320. The molecular formula is C21H18BrNO4S2. The molecule has 1 aliphatic heterocycles. The van der Waals surface area contributed by atoms with E-state index in [4.69, 9.17) is 21.7 Å². The Balaban J connectivity index is 1.86. The van der Waals surface area contributed by atoms with E-state index in [1.54, 1.807) is 13.0 Å². The summed E-state index contributed by atoms with van der Waals surface area (Å²) in [5, 5.41) is 0. The highest BCUT2D eigenvalue weighted by Gasteiger charge is 2.38. The first kappa shape index (κ1) is 21.5. The highest BCUT2D eigenvalue weighted by atomic mass is 79.9. The van der Waals surface area contributed by atoms with Gasteiger partial charge in [0, 0.05) is 10.0 Å². The van der Waals surface area contributed by atoms with Crippen molar-refractivity contribution in [2.45, 2.75) is 19.6 Å². The smallest absolute Gasteiger partial charge is 0.328 e. The van der Waals surface area contributed by atoms with E-state index in [0.29, 0.717) is 21.6 Å². The van der Waals surface area contributed by atoms with Crippen molar-refractivity contribution < 1.29 is 19.1 Å². The van der Waals surface area contributed by atoms with E-state index in [9.17, 15) is 9.59 Å². The number of halogens is 1. The topological polar surface area (TPSA) is 55.8 Å². The molecule has 5 nitrogen and oxygen atoms in total. The lowest BCUT2D eigenvalue weighted by atomic mass is 10.1. The van der Waals surface area contributed by atoms with Crippen LogP contribution in [0.2, 0.25) is 0 Å². The molecule has 2 aromatic rings. The fraction of sp³-hybridized carbons (Fsp3) is 0.190. The van der Waals surface area contributed by atoms with Gasteiger partial charge in [-0.05, 0) is 36.8 Å². The molecule has 2 aromatic carbocycles. The molecule has 1 atom stereocenters. The average Bonchev–Trinajstić information content (AvgIpc) is 3.00. The lowest BCUT2D eigenvalue weighted by Gasteiger charge is -2.20. The van der Waals surface area contributed by atoms with Crippen molar-refractivity contribution in [3.63, 3.8) is 0 Å². The summed E-state index contributed by atoms with van der Waals surface area (Å²) >= 11 is 9.92. The number of amides is 1. The second kappa shape index (κ2) is 9.56. The predicted molar refractivity (Wildman–Crippen MR) is 121 cm³/mol. The number of thiocarbonyl (C=S) groups is 1. The maximum atomic E-state index is 12.8. The summed E-state index contributed by atoms with van der Waals surface area (Å²) in [6.45, 7) is 2.00. The highest BCUT2D eigenvalue weighted by molar-refractivity contribution is 9.10. The molecule has 0 aliphatic carbocycles. The number of nitrogens with zero attached hydrogens (tertiary/aromatic N) is 1. The van der Waals surface area contributed by atoms with Gasteiger partial charge < -0.3 is 9.47 Å². The Morgan fingerprint density at radius 3 is 2.69 bits per heavy atom. The molecule has 0 bridgehead atoms. The molecule has 0 spiro atoms. The number of ether oxygens (including phenoxy) is 2. The van der Waals surface area contributed by atoms with Crippen molar-refractivity contribution in [1.29, 1.82) is 0 Å². The molecule has 1 saturated heterocycles. The lowest BCUT2D eigenvalue weighted by Crippen LogP contribution is -2.42. The zero-order chi connectivity index (χ0) is 21.0. The largest absolute Gasteiger partial charge is 0.488 e. The Bertz CT molecular complexity index is 978. The maximum Gasteiger partial charge on any atom is 0.328 e. The summed E-state index contributed by atoms with van der Waals surface area (Å²) in [5.41, 5.74) is 1.78. The molecule has 0 saturated carbocycles. The van der Waals surface area contributed by atoms with E-state index < -0.39 is 12.0 Å². The van der Waals surface area contributed by atoms with Gasteiger partial charge in [0.15, 0.2) is 0 Å². The van der Waals surface area contributed by atoms with Crippen LogP contribution in [0.1, 0.15) is 18.1 Å². The number of hydrogen-bond donors (Lipinski definition) is 0. The normalized spacial score (nSPS) is 16.2. The second-order valence-corrected chi connectivity index (χ2v) is 8.80. The Kier molecular flexibility index (Phi) is 7.10. The van der Waals surface area contributed by atoms with Gasteiger partial charge in [0.1, 0.15) is 22.7 Å². The van der Waals surface area contributed by atoms with Crippen LogP contribution in [0.4, 0.5) is 0 Å². The minimum atomic E-state index is -0.783. The van der Waals surface area contributed by atoms with Gasteiger partial charge in [-0.25, -0.2) is 4.79 Å². The van der Waals surface area contributed by atoms with Gasteiger partial charge in [-0.15, -0.1) is 0 Å². The van der Waals surface area contributed by atoms with Crippen LogP contribution >= 0.6 is 39.9 Å². The number of carbonyl (C=O) groups excluding carboxylic acids is 2. The van der Waals surface area contributed by atoms with Crippen LogP contribution in [-0.2, 0) is 20.9 Å². The summed E-state index contributed by atoms with van der Waals surface area (Å²) in [6.07, 6.45) is 1.73. The third-order valence-corrected chi connectivity index (χ3v) is 6.07. The van der Waals surface area contributed by atoms with Crippen molar-refractivity contribution in [2.24, 2.45) is 0 Å². The third-order valence-electron chi connectivity index (χ3n) is 4.25. The van der Waals surface area contributed by atoms with Crippen LogP contribution in [0, 0.1) is 0 Å². The molecule has 150 valence electrons. The first-order valence-electron chi connectivity index (χ1n) is 8.72. The molecular weight excluding hydrogens is 474 g/mol. The van der Waals surface area contributed by atoms with E-state index >= 15 is 0 Å². The number of benzene rings is 2. The summed E-state index contributed by atoms with van der Waals surface area (Å²) in [5.74, 6) is -0.202. The van der Waals surface area contributed by atoms with Crippen LogP contribution in [0.5, 0.6) is 5.75 Å². The maximum absolute atomic E-state index is 12.8. The van der Waals surface area contributed by atoms with E-state index in [1.165, 1.54) is 12.0 Å². The first-order chi connectivity index (χ1) is 13.9. The minimum Gasteiger partial charge on any atom is -0.488 e. The van der Waals surface area contributed by atoms with E-state index in [2.05, 4.69) is 15.9 Å². The van der Waals surface area contributed by atoms with Gasteiger partial charge in [0.25, 0.3) is 5.91 Å². The Labute approximate surface area is 187 Å². The fourth-order valence-electron chi connectivity index (χ4n) is 2.73. The molecule has 0 radical (unpaired) electrons. The summed E-state index contributed by atoms with van der Waals surface area (Å²) in [6, 6.07) is 14.6. The van der Waals surface area contributed by atoms with Gasteiger partial charge in [-0.2, -0.15) is 0 Å². The number of thioether (sulfide) groups is 1. The standard InChI is InChI=1S/C21H18BrNO4S2/c1-13(20(25)26-2)23-19(24)18(29-21(23)28)11-15-10-16(22)8-9-17(15)27-12-14-6-4-3-5-7-14/h3-11,13H,12H2,1-2H3/b18-11-/t13-/m0/s1. The van der Waals surface area contributed by atoms with Crippen molar-refractivity contribution >= 4 is 62.2 Å².